The van der Waals surface area contributed by atoms with Gasteiger partial charge in [0.25, 0.3) is 5.91 Å². The van der Waals surface area contributed by atoms with Crippen LogP contribution in [0.25, 0.3) is 5.69 Å². The fourth-order valence-corrected chi connectivity index (χ4v) is 1.45. The first-order valence-corrected chi connectivity index (χ1v) is 5.38. The Bertz CT molecular complexity index is 583. The van der Waals surface area contributed by atoms with Gasteiger partial charge in [-0.05, 0) is 12.1 Å². The van der Waals surface area contributed by atoms with E-state index in [0.29, 0.717) is 0 Å². The van der Waals surface area contributed by atoms with Crippen molar-refractivity contribution in [1.29, 1.82) is 0 Å². The maximum atomic E-state index is 11.9. The average Bonchev–Trinajstić information content (AvgIpc) is 2.89. The minimum Gasteiger partial charge on any atom is -0.328 e. The second-order valence-electron chi connectivity index (χ2n) is 3.71. The van der Waals surface area contributed by atoms with Crippen molar-refractivity contribution in [2.75, 3.05) is 13.6 Å². The lowest BCUT2D eigenvalue weighted by Gasteiger charge is -2.10. The largest absolute Gasteiger partial charge is 0.328 e. The molecule has 2 rings (SSSR count). The van der Waals surface area contributed by atoms with Gasteiger partial charge in [0.1, 0.15) is 6.33 Å². The lowest BCUT2D eigenvalue weighted by Crippen LogP contribution is -2.28. The Labute approximate surface area is 105 Å². The van der Waals surface area contributed by atoms with Gasteiger partial charge in [-0.2, -0.15) is 0 Å². The molecule has 0 N–H and O–H groups in total. The Morgan fingerprint density at radius 1 is 1.44 bits per heavy atom. The van der Waals surface area contributed by atoms with Crippen LogP contribution in [0.15, 0.2) is 36.7 Å². The molecule has 1 aromatic carbocycles. The van der Waals surface area contributed by atoms with Crippen molar-refractivity contribution in [3.05, 3.63) is 42.5 Å². The van der Waals surface area contributed by atoms with Gasteiger partial charge in [-0.15, -0.1) is 11.5 Å². The molecule has 0 bridgehead atoms. The van der Waals surface area contributed by atoms with Gasteiger partial charge in [0, 0.05) is 7.05 Å². The molecule has 0 spiro atoms. The number of hydrogen-bond donors (Lipinski definition) is 0. The number of carbonyl (C=O) groups is 1. The number of nitrogens with zero attached hydrogens (tertiary/aromatic N) is 4. The molecule has 0 aliphatic carbocycles. The second-order valence-corrected chi connectivity index (χ2v) is 3.71. The Hall–Kier alpha value is -2.61. The topological polar surface area (TPSA) is 51.0 Å². The summed E-state index contributed by atoms with van der Waals surface area (Å²) in [6.07, 6.45) is 6.66. The van der Waals surface area contributed by atoms with Crippen LogP contribution in [0.2, 0.25) is 0 Å². The maximum Gasteiger partial charge on any atom is 0.294 e. The van der Waals surface area contributed by atoms with Gasteiger partial charge in [0.05, 0.1) is 12.2 Å². The van der Waals surface area contributed by atoms with Crippen LogP contribution < -0.4 is 0 Å². The summed E-state index contributed by atoms with van der Waals surface area (Å²) in [4.78, 5) is 17.3. The molecule has 0 radical (unpaired) electrons. The van der Waals surface area contributed by atoms with Crippen molar-refractivity contribution in [2.45, 2.75) is 0 Å². The van der Waals surface area contributed by atoms with Crippen molar-refractivity contribution in [1.82, 2.24) is 19.7 Å². The SMILES string of the molecule is C#CCN(C)C(=O)c1ncn(-c2ccccc2)n1. The first kappa shape index (κ1) is 11.9. The molecule has 5 nitrogen and oxygen atoms in total. The monoisotopic (exact) mass is 240 g/mol. The number of rotatable bonds is 3. The van der Waals surface area contributed by atoms with E-state index in [1.54, 1.807) is 11.7 Å². The Balaban J connectivity index is 2.22. The maximum absolute atomic E-state index is 11.9. The number of para-hydroxylation sites is 1. The van der Waals surface area contributed by atoms with Crippen LogP contribution in [0.5, 0.6) is 0 Å². The molecule has 5 heteroatoms. The smallest absolute Gasteiger partial charge is 0.294 e. The average molecular weight is 240 g/mol. The third kappa shape index (κ3) is 2.38. The molecule has 1 aromatic heterocycles. The Kier molecular flexibility index (Phi) is 3.39. The van der Waals surface area contributed by atoms with E-state index in [1.807, 2.05) is 30.3 Å². The van der Waals surface area contributed by atoms with Crippen molar-refractivity contribution in [3.63, 3.8) is 0 Å². The van der Waals surface area contributed by atoms with Crippen LogP contribution in [-0.4, -0.2) is 39.2 Å². The summed E-state index contributed by atoms with van der Waals surface area (Å²) in [7, 11) is 1.62. The van der Waals surface area contributed by atoms with E-state index in [2.05, 4.69) is 16.0 Å². The molecule has 0 unspecified atom stereocenters. The molecule has 18 heavy (non-hydrogen) atoms. The third-order valence-corrected chi connectivity index (χ3v) is 2.38. The molecule has 0 atom stereocenters. The number of terminal acetylenes is 1. The van der Waals surface area contributed by atoms with Crippen molar-refractivity contribution < 1.29 is 4.79 Å². The molecule has 1 heterocycles. The zero-order valence-corrected chi connectivity index (χ0v) is 9.95. The summed E-state index contributed by atoms with van der Waals surface area (Å²) in [5, 5.41) is 4.13. The van der Waals surface area contributed by atoms with Crippen LogP contribution in [0.1, 0.15) is 10.6 Å². The Morgan fingerprint density at radius 3 is 2.83 bits per heavy atom. The molecular weight excluding hydrogens is 228 g/mol. The van der Waals surface area contributed by atoms with Crippen LogP contribution in [0, 0.1) is 12.3 Å². The lowest BCUT2D eigenvalue weighted by molar-refractivity contribution is 0.0801. The molecule has 0 saturated carbocycles. The quantitative estimate of drug-likeness (QED) is 0.751. The van der Waals surface area contributed by atoms with Gasteiger partial charge in [0.15, 0.2) is 0 Å². The van der Waals surface area contributed by atoms with E-state index in [-0.39, 0.29) is 18.3 Å². The van der Waals surface area contributed by atoms with E-state index in [4.69, 9.17) is 6.42 Å². The van der Waals surface area contributed by atoms with Gasteiger partial charge >= 0.3 is 0 Å². The van der Waals surface area contributed by atoms with Gasteiger partial charge in [-0.1, -0.05) is 24.1 Å². The highest BCUT2D eigenvalue weighted by Crippen LogP contribution is 2.05. The van der Waals surface area contributed by atoms with Crippen LogP contribution in [0.4, 0.5) is 0 Å². The predicted molar refractivity (Wildman–Crippen MR) is 67.2 cm³/mol. The molecule has 0 saturated heterocycles. The molecule has 0 aliphatic heterocycles. The fourth-order valence-electron chi connectivity index (χ4n) is 1.45. The van der Waals surface area contributed by atoms with Gasteiger partial charge in [0.2, 0.25) is 5.82 Å². The lowest BCUT2D eigenvalue weighted by atomic mass is 10.3. The first-order chi connectivity index (χ1) is 8.72. The summed E-state index contributed by atoms with van der Waals surface area (Å²) in [5.74, 6) is 2.25. The highest BCUT2D eigenvalue weighted by Gasteiger charge is 2.15. The molecule has 0 fully saturated rings. The molecular formula is C13H12N4O. The van der Waals surface area contributed by atoms with E-state index >= 15 is 0 Å². The minimum atomic E-state index is -0.289. The summed E-state index contributed by atoms with van der Waals surface area (Å²) >= 11 is 0. The highest BCUT2D eigenvalue weighted by molar-refractivity contribution is 5.90. The highest BCUT2D eigenvalue weighted by atomic mass is 16.2. The van der Waals surface area contributed by atoms with Gasteiger partial charge < -0.3 is 4.90 Å². The van der Waals surface area contributed by atoms with E-state index < -0.39 is 0 Å². The fraction of sp³-hybridized carbons (Fsp3) is 0.154. The minimum absolute atomic E-state index is 0.136. The molecule has 0 aliphatic rings. The number of aromatic nitrogens is 3. The molecule has 90 valence electrons. The number of benzene rings is 1. The van der Waals surface area contributed by atoms with Crippen LogP contribution >= 0.6 is 0 Å². The number of amides is 1. The normalized spacial score (nSPS) is 9.78. The summed E-state index contributed by atoms with van der Waals surface area (Å²) in [5.41, 5.74) is 0.851. The van der Waals surface area contributed by atoms with Crippen LogP contribution in [0.3, 0.4) is 0 Å². The van der Waals surface area contributed by atoms with Crippen LogP contribution in [-0.2, 0) is 0 Å². The summed E-state index contributed by atoms with van der Waals surface area (Å²) in [6, 6.07) is 9.46. The van der Waals surface area contributed by atoms with Crippen molar-refractivity contribution >= 4 is 5.91 Å². The van der Waals surface area contributed by atoms with E-state index in [0.717, 1.165) is 5.69 Å². The standard InChI is InChI=1S/C13H12N4O/c1-3-9-16(2)13(18)12-14-10-17(15-12)11-7-5-4-6-8-11/h1,4-8,10H,9H2,2H3. The second kappa shape index (κ2) is 5.15. The zero-order valence-electron chi connectivity index (χ0n) is 9.95. The Morgan fingerprint density at radius 2 is 2.17 bits per heavy atom. The predicted octanol–water partition coefficient (Wildman–Crippen LogP) is 0.973. The molecule has 2 aromatic rings. The third-order valence-electron chi connectivity index (χ3n) is 2.38. The van der Waals surface area contributed by atoms with E-state index in [1.165, 1.54) is 11.2 Å². The van der Waals surface area contributed by atoms with Crippen molar-refractivity contribution in [3.8, 4) is 18.0 Å². The van der Waals surface area contributed by atoms with Gasteiger partial charge in [-0.3, -0.25) is 4.79 Å². The first-order valence-electron chi connectivity index (χ1n) is 5.38. The molecule has 1 amide bonds. The zero-order chi connectivity index (χ0) is 13.0. The summed E-state index contributed by atoms with van der Waals surface area (Å²) < 4.78 is 1.55. The number of carbonyl (C=O) groups excluding carboxylic acids is 1. The summed E-state index contributed by atoms with van der Waals surface area (Å²) in [6.45, 7) is 0.235. The van der Waals surface area contributed by atoms with Crippen molar-refractivity contribution in [2.24, 2.45) is 0 Å². The van der Waals surface area contributed by atoms with Gasteiger partial charge in [-0.25, -0.2) is 9.67 Å². The number of hydrogen-bond acceptors (Lipinski definition) is 3. The van der Waals surface area contributed by atoms with E-state index in [9.17, 15) is 4.79 Å².